The summed E-state index contributed by atoms with van der Waals surface area (Å²) in [7, 11) is 0. The zero-order valence-electron chi connectivity index (χ0n) is 11.0. The van der Waals surface area contributed by atoms with Gasteiger partial charge in [-0.2, -0.15) is 0 Å². The van der Waals surface area contributed by atoms with E-state index in [1.807, 2.05) is 26.8 Å². The van der Waals surface area contributed by atoms with E-state index in [1.54, 1.807) is 0 Å². The Hall–Kier alpha value is -0.790. The van der Waals surface area contributed by atoms with E-state index in [-0.39, 0.29) is 17.2 Å². The minimum atomic E-state index is 0.0622. The lowest BCUT2D eigenvalue weighted by Gasteiger charge is -2.29. The van der Waals surface area contributed by atoms with Crippen molar-refractivity contribution >= 4 is 5.91 Å². The van der Waals surface area contributed by atoms with Gasteiger partial charge in [0.2, 0.25) is 5.91 Å². The first-order valence-electron chi connectivity index (χ1n) is 5.74. The Balaban J connectivity index is 4.23. The molecule has 1 N–H and O–H groups in total. The summed E-state index contributed by atoms with van der Waals surface area (Å²) in [4.78, 5) is 11.8. The molecule has 15 heavy (non-hydrogen) atoms. The average Bonchev–Trinajstić information content (AvgIpc) is 2.23. The first kappa shape index (κ1) is 14.2. The molecular weight excluding hydrogens is 186 g/mol. The number of carbonyl (C=O) groups is 1. The molecular formula is C13H25NO. The average molecular weight is 211 g/mol. The highest BCUT2D eigenvalue weighted by molar-refractivity contribution is 5.79. The van der Waals surface area contributed by atoms with Crippen molar-refractivity contribution in [3.8, 4) is 0 Å². The van der Waals surface area contributed by atoms with Gasteiger partial charge in [0.15, 0.2) is 0 Å². The lowest BCUT2D eigenvalue weighted by atomic mass is 9.77. The molecule has 88 valence electrons. The van der Waals surface area contributed by atoms with E-state index in [4.69, 9.17) is 0 Å². The van der Waals surface area contributed by atoms with E-state index in [2.05, 4.69) is 26.1 Å². The quantitative estimate of drug-likeness (QED) is 0.695. The Morgan fingerprint density at radius 2 is 2.00 bits per heavy atom. The van der Waals surface area contributed by atoms with Gasteiger partial charge in [0, 0.05) is 12.5 Å². The van der Waals surface area contributed by atoms with Gasteiger partial charge >= 0.3 is 0 Å². The van der Waals surface area contributed by atoms with Crippen LogP contribution in [0.15, 0.2) is 11.6 Å². The molecule has 0 unspecified atom stereocenters. The van der Waals surface area contributed by atoms with Crippen LogP contribution in [-0.4, -0.2) is 12.5 Å². The highest BCUT2D eigenvalue weighted by atomic mass is 16.1. The van der Waals surface area contributed by atoms with E-state index in [0.717, 1.165) is 6.42 Å². The molecule has 0 radical (unpaired) electrons. The van der Waals surface area contributed by atoms with E-state index in [1.165, 1.54) is 5.57 Å². The maximum Gasteiger partial charge on any atom is 0.223 e. The van der Waals surface area contributed by atoms with Crippen molar-refractivity contribution in [1.82, 2.24) is 5.32 Å². The fraction of sp³-hybridized carbons (Fsp3) is 0.769. The van der Waals surface area contributed by atoms with E-state index in [0.29, 0.717) is 6.54 Å². The molecule has 2 heteroatoms. The van der Waals surface area contributed by atoms with Gasteiger partial charge in [0.05, 0.1) is 0 Å². The van der Waals surface area contributed by atoms with Crippen LogP contribution >= 0.6 is 0 Å². The number of carbonyl (C=O) groups excluding carboxylic acids is 1. The first-order chi connectivity index (χ1) is 6.85. The second-order valence-corrected chi connectivity index (χ2v) is 4.92. The second-order valence-electron chi connectivity index (χ2n) is 4.92. The number of hydrogen-bond acceptors (Lipinski definition) is 1. The largest absolute Gasteiger partial charge is 0.352 e. The third kappa shape index (κ3) is 4.50. The van der Waals surface area contributed by atoms with Gasteiger partial charge in [-0.05, 0) is 19.3 Å². The Kier molecular flexibility index (Phi) is 5.63. The molecule has 0 rings (SSSR count). The number of amides is 1. The standard InChI is InChI=1S/C13H25NO/c1-7-10(3)9-14-12(15)11(4)13(5,6)8-2/h7,11H,8-9H2,1-6H3,(H,14,15)/b10-7+/t11-/m0/s1. The normalized spacial score (nSPS) is 14.9. The fourth-order valence-corrected chi connectivity index (χ4v) is 1.14. The highest BCUT2D eigenvalue weighted by Gasteiger charge is 2.29. The van der Waals surface area contributed by atoms with Gasteiger partial charge in [-0.25, -0.2) is 0 Å². The molecule has 0 fully saturated rings. The summed E-state index contributed by atoms with van der Waals surface area (Å²) in [5, 5.41) is 2.97. The van der Waals surface area contributed by atoms with Crippen LogP contribution in [0.4, 0.5) is 0 Å². The summed E-state index contributed by atoms with van der Waals surface area (Å²) < 4.78 is 0. The third-order valence-corrected chi connectivity index (χ3v) is 3.51. The van der Waals surface area contributed by atoms with Crippen LogP contribution in [0.5, 0.6) is 0 Å². The molecule has 0 aromatic heterocycles. The van der Waals surface area contributed by atoms with E-state index >= 15 is 0 Å². The second kappa shape index (κ2) is 5.94. The number of rotatable bonds is 5. The Morgan fingerprint density at radius 1 is 1.47 bits per heavy atom. The van der Waals surface area contributed by atoms with Crippen LogP contribution in [-0.2, 0) is 4.79 Å². The molecule has 0 spiro atoms. The molecule has 0 saturated heterocycles. The molecule has 0 aliphatic carbocycles. The van der Waals surface area contributed by atoms with Crippen LogP contribution in [0.2, 0.25) is 0 Å². The minimum Gasteiger partial charge on any atom is -0.352 e. The first-order valence-corrected chi connectivity index (χ1v) is 5.74. The summed E-state index contributed by atoms with van der Waals surface area (Å²) >= 11 is 0. The van der Waals surface area contributed by atoms with Crippen molar-refractivity contribution in [2.45, 2.75) is 48.0 Å². The zero-order chi connectivity index (χ0) is 12.1. The summed E-state index contributed by atoms with van der Waals surface area (Å²) in [5.74, 6) is 0.218. The van der Waals surface area contributed by atoms with Crippen molar-refractivity contribution in [2.75, 3.05) is 6.54 Å². The maximum atomic E-state index is 11.8. The van der Waals surface area contributed by atoms with E-state index in [9.17, 15) is 4.79 Å². The molecule has 2 nitrogen and oxygen atoms in total. The molecule has 0 aliphatic rings. The van der Waals surface area contributed by atoms with Gasteiger partial charge in [-0.15, -0.1) is 0 Å². The molecule has 1 atom stereocenters. The molecule has 0 aliphatic heterocycles. The number of nitrogens with one attached hydrogen (secondary N) is 1. The van der Waals surface area contributed by atoms with Gasteiger partial charge in [-0.1, -0.05) is 45.8 Å². The third-order valence-electron chi connectivity index (χ3n) is 3.51. The van der Waals surface area contributed by atoms with Crippen LogP contribution in [0.1, 0.15) is 48.0 Å². The fourth-order valence-electron chi connectivity index (χ4n) is 1.14. The van der Waals surface area contributed by atoms with Gasteiger partial charge in [0.25, 0.3) is 0 Å². The molecule has 0 aromatic rings. The van der Waals surface area contributed by atoms with Crippen molar-refractivity contribution < 1.29 is 4.79 Å². The van der Waals surface area contributed by atoms with Crippen molar-refractivity contribution in [1.29, 1.82) is 0 Å². The lowest BCUT2D eigenvalue weighted by molar-refractivity contribution is -0.127. The van der Waals surface area contributed by atoms with Crippen LogP contribution in [0.3, 0.4) is 0 Å². The molecule has 0 bridgehead atoms. The molecule has 0 heterocycles. The molecule has 1 amide bonds. The zero-order valence-corrected chi connectivity index (χ0v) is 11.0. The predicted molar refractivity (Wildman–Crippen MR) is 65.7 cm³/mol. The summed E-state index contributed by atoms with van der Waals surface area (Å²) in [6, 6.07) is 0. The highest BCUT2D eigenvalue weighted by Crippen LogP contribution is 2.30. The summed E-state index contributed by atoms with van der Waals surface area (Å²) in [5.41, 5.74) is 1.28. The Bertz CT molecular complexity index is 241. The predicted octanol–water partition coefficient (Wildman–Crippen LogP) is 3.14. The van der Waals surface area contributed by atoms with E-state index < -0.39 is 0 Å². The molecule has 0 aromatic carbocycles. The van der Waals surface area contributed by atoms with Crippen LogP contribution < -0.4 is 5.32 Å². The van der Waals surface area contributed by atoms with Crippen molar-refractivity contribution in [3.05, 3.63) is 11.6 Å². The summed E-state index contributed by atoms with van der Waals surface area (Å²) in [6.07, 6.45) is 3.04. The minimum absolute atomic E-state index is 0.0622. The SMILES string of the molecule is C/C=C(\C)CNC(=O)[C@H](C)C(C)(C)CC. The van der Waals surface area contributed by atoms with Crippen LogP contribution in [0, 0.1) is 11.3 Å². The van der Waals surface area contributed by atoms with Gasteiger partial charge < -0.3 is 5.32 Å². The van der Waals surface area contributed by atoms with Crippen LogP contribution in [0.25, 0.3) is 0 Å². The monoisotopic (exact) mass is 211 g/mol. The van der Waals surface area contributed by atoms with Gasteiger partial charge in [0.1, 0.15) is 0 Å². The lowest BCUT2D eigenvalue weighted by Crippen LogP contribution is -2.37. The number of allylic oxidation sites excluding steroid dienone is 1. The summed E-state index contributed by atoms with van der Waals surface area (Å²) in [6.45, 7) is 13.1. The Labute approximate surface area is 94.1 Å². The van der Waals surface area contributed by atoms with Crippen molar-refractivity contribution in [3.63, 3.8) is 0 Å². The molecule has 0 saturated carbocycles. The Morgan fingerprint density at radius 3 is 2.40 bits per heavy atom. The van der Waals surface area contributed by atoms with Gasteiger partial charge in [-0.3, -0.25) is 4.79 Å². The van der Waals surface area contributed by atoms with Crippen molar-refractivity contribution in [2.24, 2.45) is 11.3 Å². The smallest absolute Gasteiger partial charge is 0.223 e. The number of hydrogen-bond donors (Lipinski definition) is 1. The maximum absolute atomic E-state index is 11.8. The topological polar surface area (TPSA) is 29.1 Å².